The molecule has 1 aliphatic heterocycles. The van der Waals surface area contributed by atoms with Gasteiger partial charge in [-0.2, -0.15) is 0 Å². The lowest BCUT2D eigenvalue weighted by Crippen LogP contribution is -2.31. The van der Waals surface area contributed by atoms with E-state index in [1.165, 1.54) is 23.1 Å². The van der Waals surface area contributed by atoms with Crippen LogP contribution in [0.2, 0.25) is 0 Å². The van der Waals surface area contributed by atoms with Crippen LogP contribution in [0.1, 0.15) is 23.6 Å². The summed E-state index contributed by atoms with van der Waals surface area (Å²) in [5.74, 6) is -2.20. The number of ether oxygens (including phenoxy) is 1. The summed E-state index contributed by atoms with van der Waals surface area (Å²) in [6.07, 6.45) is 1.81. The molecule has 2 aromatic carbocycles. The van der Waals surface area contributed by atoms with Gasteiger partial charge in [-0.1, -0.05) is 30.9 Å². The molecule has 1 amide bonds. The second kappa shape index (κ2) is 9.37. The van der Waals surface area contributed by atoms with Crippen LogP contribution in [0.25, 0.3) is 5.76 Å². The summed E-state index contributed by atoms with van der Waals surface area (Å²) in [6.45, 7) is 3.73. The number of amides is 1. The van der Waals surface area contributed by atoms with Gasteiger partial charge in [-0.15, -0.1) is 0 Å². The minimum absolute atomic E-state index is 0.0468. The summed E-state index contributed by atoms with van der Waals surface area (Å²) in [6, 6.07) is 11.0. The van der Waals surface area contributed by atoms with Gasteiger partial charge in [0.1, 0.15) is 23.9 Å². The van der Waals surface area contributed by atoms with Gasteiger partial charge in [0.25, 0.3) is 11.7 Å². The number of benzene rings is 2. The van der Waals surface area contributed by atoms with Crippen molar-refractivity contribution in [2.75, 3.05) is 19.8 Å². The zero-order chi connectivity index (χ0) is 21.7. The SMILES string of the molecule is C=CCOc1ccc(C(O)=C2C(=O)C(=O)N(CCCO)[C@@H]2c2ccccc2F)cc1. The number of likely N-dealkylation sites (tertiary alicyclic amines) is 1. The number of aliphatic hydroxyl groups is 2. The quantitative estimate of drug-likeness (QED) is 0.302. The molecule has 30 heavy (non-hydrogen) atoms. The lowest BCUT2D eigenvalue weighted by Gasteiger charge is -2.25. The smallest absolute Gasteiger partial charge is 0.295 e. The Hall–Kier alpha value is -3.45. The Morgan fingerprint density at radius 3 is 2.50 bits per heavy atom. The zero-order valence-corrected chi connectivity index (χ0v) is 16.3. The third kappa shape index (κ3) is 4.11. The lowest BCUT2D eigenvalue weighted by molar-refractivity contribution is -0.140. The fraction of sp³-hybridized carbons (Fsp3) is 0.217. The molecule has 2 aromatic rings. The maximum atomic E-state index is 14.6. The van der Waals surface area contributed by atoms with Crippen molar-refractivity contribution < 1.29 is 28.9 Å². The van der Waals surface area contributed by atoms with E-state index < -0.39 is 29.3 Å². The maximum absolute atomic E-state index is 14.6. The molecule has 156 valence electrons. The van der Waals surface area contributed by atoms with Gasteiger partial charge in [0, 0.05) is 24.3 Å². The average molecular weight is 411 g/mol. The van der Waals surface area contributed by atoms with Gasteiger partial charge in [0.2, 0.25) is 0 Å². The predicted octanol–water partition coefficient (Wildman–Crippen LogP) is 3.19. The van der Waals surface area contributed by atoms with E-state index in [0.29, 0.717) is 17.9 Å². The third-order valence-corrected chi connectivity index (χ3v) is 4.79. The minimum Gasteiger partial charge on any atom is -0.507 e. The van der Waals surface area contributed by atoms with E-state index in [9.17, 15) is 19.1 Å². The van der Waals surface area contributed by atoms with E-state index in [2.05, 4.69) is 6.58 Å². The van der Waals surface area contributed by atoms with Crippen LogP contribution in [-0.2, 0) is 9.59 Å². The van der Waals surface area contributed by atoms with E-state index in [1.807, 2.05) is 0 Å². The fourth-order valence-electron chi connectivity index (χ4n) is 3.39. The van der Waals surface area contributed by atoms with Crippen LogP contribution in [0.5, 0.6) is 5.75 Å². The van der Waals surface area contributed by atoms with E-state index >= 15 is 0 Å². The average Bonchev–Trinajstić information content (AvgIpc) is 3.01. The van der Waals surface area contributed by atoms with Crippen molar-refractivity contribution in [3.63, 3.8) is 0 Å². The Kier molecular flexibility index (Phi) is 6.64. The fourth-order valence-corrected chi connectivity index (χ4v) is 3.39. The molecule has 3 rings (SSSR count). The topological polar surface area (TPSA) is 87.1 Å². The molecule has 0 unspecified atom stereocenters. The van der Waals surface area contributed by atoms with Crippen LogP contribution in [-0.4, -0.2) is 46.6 Å². The van der Waals surface area contributed by atoms with Crippen molar-refractivity contribution in [1.82, 2.24) is 4.90 Å². The highest BCUT2D eigenvalue weighted by molar-refractivity contribution is 6.46. The summed E-state index contributed by atoms with van der Waals surface area (Å²) >= 11 is 0. The van der Waals surface area contributed by atoms with Crippen molar-refractivity contribution in [2.45, 2.75) is 12.5 Å². The van der Waals surface area contributed by atoms with Crippen molar-refractivity contribution in [2.24, 2.45) is 0 Å². The Labute approximate surface area is 173 Å². The van der Waals surface area contributed by atoms with Crippen molar-refractivity contribution >= 4 is 17.4 Å². The maximum Gasteiger partial charge on any atom is 0.295 e. The number of carbonyl (C=O) groups is 2. The number of carbonyl (C=O) groups excluding carboxylic acids is 2. The number of hydrogen-bond acceptors (Lipinski definition) is 5. The van der Waals surface area contributed by atoms with Crippen LogP contribution < -0.4 is 4.74 Å². The summed E-state index contributed by atoms with van der Waals surface area (Å²) in [5, 5.41) is 20.0. The first-order valence-electron chi connectivity index (χ1n) is 9.47. The number of rotatable bonds is 8. The first kappa shape index (κ1) is 21.3. The normalized spacial score (nSPS) is 17.9. The molecular weight excluding hydrogens is 389 g/mol. The summed E-state index contributed by atoms with van der Waals surface area (Å²) in [7, 11) is 0. The number of aliphatic hydroxyl groups excluding tert-OH is 2. The Morgan fingerprint density at radius 2 is 1.87 bits per heavy atom. The molecule has 2 N–H and O–H groups in total. The highest BCUT2D eigenvalue weighted by Crippen LogP contribution is 2.40. The van der Waals surface area contributed by atoms with Gasteiger partial charge in [-0.25, -0.2) is 4.39 Å². The molecular formula is C23H22FNO5. The van der Waals surface area contributed by atoms with Crippen LogP contribution >= 0.6 is 0 Å². The van der Waals surface area contributed by atoms with Gasteiger partial charge in [0.05, 0.1) is 11.6 Å². The van der Waals surface area contributed by atoms with Crippen LogP contribution in [0.15, 0.2) is 66.8 Å². The molecule has 0 aliphatic carbocycles. The Balaban J connectivity index is 2.08. The zero-order valence-electron chi connectivity index (χ0n) is 16.3. The third-order valence-electron chi connectivity index (χ3n) is 4.79. The van der Waals surface area contributed by atoms with Crippen LogP contribution in [0.4, 0.5) is 4.39 Å². The molecule has 0 aromatic heterocycles. The number of ketones is 1. The Morgan fingerprint density at radius 1 is 1.17 bits per heavy atom. The molecule has 1 aliphatic rings. The minimum atomic E-state index is -1.09. The second-order valence-electron chi connectivity index (χ2n) is 6.72. The highest BCUT2D eigenvalue weighted by Gasteiger charge is 2.46. The number of nitrogens with zero attached hydrogens (tertiary/aromatic N) is 1. The molecule has 1 saturated heterocycles. The molecule has 6 nitrogen and oxygen atoms in total. The standard InChI is InChI=1S/C23H22FNO5/c1-2-14-30-16-10-8-15(9-11-16)21(27)19-20(17-6-3-4-7-18(17)24)25(12-5-13-26)23(29)22(19)28/h2-4,6-11,20,26-27H,1,5,12-14H2/t20-/m1/s1. The van der Waals surface area contributed by atoms with Crippen molar-refractivity contribution in [1.29, 1.82) is 0 Å². The van der Waals surface area contributed by atoms with E-state index in [1.54, 1.807) is 36.4 Å². The molecule has 0 bridgehead atoms. The van der Waals surface area contributed by atoms with Gasteiger partial charge < -0.3 is 19.8 Å². The van der Waals surface area contributed by atoms with Crippen molar-refractivity contribution in [3.8, 4) is 5.75 Å². The largest absolute Gasteiger partial charge is 0.507 e. The van der Waals surface area contributed by atoms with Gasteiger partial charge in [-0.3, -0.25) is 9.59 Å². The number of halogens is 1. The lowest BCUT2D eigenvalue weighted by atomic mass is 9.95. The molecule has 0 saturated carbocycles. The monoisotopic (exact) mass is 411 g/mol. The molecule has 1 atom stereocenters. The highest BCUT2D eigenvalue weighted by atomic mass is 19.1. The number of Topliss-reactive ketones (excluding diaryl/α,β-unsaturated/α-hetero) is 1. The summed E-state index contributed by atoms with van der Waals surface area (Å²) in [5.41, 5.74) is 0.201. The van der Waals surface area contributed by atoms with Crippen LogP contribution in [0.3, 0.4) is 0 Å². The van der Waals surface area contributed by atoms with E-state index in [-0.39, 0.29) is 30.7 Å². The van der Waals surface area contributed by atoms with Gasteiger partial charge >= 0.3 is 0 Å². The van der Waals surface area contributed by atoms with Crippen molar-refractivity contribution in [3.05, 3.63) is 83.7 Å². The first-order valence-corrected chi connectivity index (χ1v) is 9.47. The van der Waals surface area contributed by atoms with Crippen LogP contribution in [0, 0.1) is 5.82 Å². The predicted molar refractivity (Wildman–Crippen MR) is 109 cm³/mol. The van der Waals surface area contributed by atoms with Gasteiger partial charge in [-0.05, 0) is 36.8 Å². The van der Waals surface area contributed by atoms with E-state index in [0.717, 1.165) is 0 Å². The summed E-state index contributed by atoms with van der Waals surface area (Å²) < 4.78 is 20.0. The van der Waals surface area contributed by atoms with Gasteiger partial charge in [0.15, 0.2) is 0 Å². The Bertz CT molecular complexity index is 983. The molecule has 0 spiro atoms. The molecule has 0 radical (unpaired) electrons. The molecule has 1 heterocycles. The molecule has 1 fully saturated rings. The molecule has 7 heteroatoms. The first-order chi connectivity index (χ1) is 14.5. The number of hydrogen-bond donors (Lipinski definition) is 2. The summed E-state index contributed by atoms with van der Waals surface area (Å²) in [4.78, 5) is 26.6. The van der Waals surface area contributed by atoms with E-state index in [4.69, 9.17) is 9.84 Å². The second-order valence-corrected chi connectivity index (χ2v) is 6.72.